The Morgan fingerprint density at radius 3 is 2.56 bits per heavy atom. The van der Waals surface area contributed by atoms with Crippen LogP contribution in [0.15, 0.2) is 12.3 Å². The minimum atomic E-state index is 0.0653. The van der Waals surface area contributed by atoms with Crippen LogP contribution in [0.25, 0.3) is 11.2 Å². The molecule has 5 nitrogen and oxygen atoms in total. The highest BCUT2D eigenvalue weighted by Gasteiger charge is 2.36. The molecule has 0 amide bonds. The molecule has 5 heteroatoms. The molecule has 0 spiro atoms. The molecule has 27 heavy (non-hydrogen) atoms. The van der Waals surface area contributed by atoms with Gasteiger partial charge in [0.1, 0.15) is 5.52 Å². The zero-order valence-corrected chi connectivity index (χ0v) is 17.2. The molecule has 1 aliphatic heterocycles. The molecule has 1 saturated heterocycles. The second-order valence-corrected chi connectivity index (χ2v) is 9.64. The standard InChI is InChI=1S/C22H34N4O/c1-22(2,3)20-11-17-21(26(20)4)25-18(12-23-17)16-10-6-9-15(14-7-5-8-14)19(13-27)24-16/h11-12,14-16,19,24,27H,5-10,13H2,1-4H3/t15-,16-,19-/m0/s1. The maximum Gasteiger partial charge on any atom is 0.158 e. The molecule has 3 heterocycles. The molecular formula is C22H34N4O. The van der Waals surface area contributed by atoms with Gasteiger partial charge in [0.05, 0.1) is 24.5 Å². The van der Waals surface area contributed by atoms with Crippen molar-refractivity contribution in [1.29, 1.82) is 0 Å². The average molecular weight is 371 g/mol. The van der Waals surface area contributed by atoms with Gasteiger partial charge in [0, 0.05) is 24.2 Å². The van der Waals surface area contributed by atoms with E-state index in [1.54, 1.807) is 0 Å². The predicted molar refractivity (Wildman–Crippen MR) is 109 cm³/mol. The summed E-state index contributed by atoms with van der Waals surface area (Å²) in [7, 11) is 2.09. The Kier molecular flexibility index (Phi) is 5.02. The van der Waals surface area contributed by atoms with Crippen LogP contribution >= 0.6 is 0 Å². The molecule has 1 saturated carbocycles. The minimum Gasteiger partial charge on any atom is -0.395 e. The van der Waals surface area contributed by atoms with Crippen molar-refractivity contribution < 1.29 is 5.11 Å². The Morgan fingerprint density at radius 1 is 1.19 bits per heavy atom. The van der Waals surface area contributed by atoms with Crippen molar-refractivity contribution in [2.45, 2.75) is 76.8 Å². The van der Waals surface area contributed by atoms with Crippen molar-refractivity contribution in [2.24, 2.45) is 18.9 Å². The van der Waals surface area contributed by atoms with Gasteiger partial charge < -0.3 is 15.0 Å². The largest absolute Gasteiger partial charge is 0.395 e. The summed E-state index contributed by atoms with van der Waals surface area (Å²) in [5, 5.41) is 13.8. The fourth-order valence-corrected chi connectivity index (χ4v) is 5.06. The normalized spacial score (nSPS) is 27.5. The van der Waals surface area contributed by atoms with Gasteiger partial charge in [0.15, 0.2) is 5.65 Å². The van der Waals surface area contributed by atoms with Crippen LogP contribution in [0, 0.1) is 11.8 Å². The van der Waals surface area contributed by atoms with Crippen molar-refractivity contribution in [1.82, 2.24) is 19.9 Å². The number of aromatic nitrogens is 3. The molecule has 0 radical (unpaired) electrons. The molecule has 2 aromatic heterocycles. The van der Waals surface area contributed by atoms with Crippen molar-refractivity contribution in [3.63, 3.8) is 0 Å². The fraction of sp³-hybridized carbons (Fsp3) is 0.727. The zero-order valence-electron chi connectivity index (χ0n) is 17.2. The number of aliphatic hydroxyl groups is 1. The molecule has 1 aliphatic carbocycles. The van der Waals surface area contributed by atoms with E-state index in [4.69, 9.17) is 9.97 Å². The Bertz CT molecular complexity index is 802. The van der Waals surface area contributed by atoms with E-state index in [1.807, 2.05) is 6.20 Å². The van der Waals surface area contributed by atoms with E-state index in [9.17, 15) is 5.11 Å². The first-order chi connectivity index (χ1) is 12.9. The molecule has 148 valence electrons. The summed E-state index contributed by atoms with van der Waals surface area (Å²) >= 11 is 0. The third-order valence-electron chi connectivity index (χ3n) is 6.79. The first-order valence-corrected chi connectivity index (χ1v) is 10.6. The number of fused-ring (bicyclic) bond motifs is 1. The third kappa shape index (κ3) is 3.52. The highest BCUT2D eigenvalue weighted by Crippen LogP contribution is 2.40. The molecule has 0 unspecified atom stereocenters. The van der Waals surface area contributed by atoms with Gasteiger partial charge in [0.25, 0.3) is 0 Å². The van der Waals surface area contributed by atoms with E-state index in [2.05, 4.69) is 43.8 Å². The van der Waals surface area contributed by atoms with Crippen LogP contribution < -0.4 is 5.32 Å². The van der Waals surface area contributed by atoms with Gasteiger partial charge in [-0.2, -0.15) is 0 Å². The summed E-state index contributed by atoms with van der Waals surface area (Å²) in [5.41, 5.74) is 4.25. The molecule has 0 bridgehead atoms. The van der Waals surface area contributed by atoms with Crippen LogP contribution in [0.2, 0.25) is 0 Å². The van der Waals surface area contributed by atoms with Gasteiger partial charge in [-0.1, -0.05) is 46.5 Å². The molecule has 3 atom stereocenters. The summed E-state index contributed by atoms with van der Waals surface area (Å²) in [6.07, 6.45) is 9.43. The Balaban J connectivity index is 1.62. The summed E-state index contributed by atoms with van der Waals surface area (Å²) in [4.78, 5) is 9.73. The van der Waals surface area contributed by atoms with Gasteiger partial charge in [-0.05, 0) is 30.7 Å². The fourth-order valence-electron chi connectivity index (χ4n) is 5.06. The topological polar surface area (TPSA) is 63.0 Å². The van der Waals surface area contributed by atoms with Gasteiger partial charge >= 0.3 is 0 Å². The van der Waals surface area contributed by atoms with E-state index in [1.165, 1.54) is 37.8 Å². The number of nitrogens with zero attached hydrogens (tertiary/aromatic N) is 3. The second-order valence-electron chi connectivity index (χ2n) is 9.64. The zero-order chi connectivity index (χ0) is 19.2. The van der Waals surface area contributed by atoms with Crippen LogP contribution in [0.3, 0.4) is 0 Å². The van der Waals surface area contributed by atoms with Crippen molar-refractivity contribution in [2.75, 3.05) is 6.61 Å². The van der Waals surface area contributed by atoms with Gasteiger partial charge in [-0.15, -0.1) is 0 Å². The Morgan fingerprint density at radius 2 is 1.93 bits per heavy atom. The smallest absolute Gasteiger partial charge is 0.158 e. The van der Waals surface area contributed by atoms with Crippen LogP contribution in [0.5, 0.6) is 0 Å². The van der Waals surface area contributed by atoms with Crippen molar-refractivity contribution >= 4 is 11.2 Å². The van der Waals surface area contributed by atoms with Gasteiger partial charge in [0.2, 0.25) is 0 Å². The first-order valence-electron chi connectivity index (χ1n) is 10.6. The molecule has 2 aliphatic rings. The maximum absolute atomic E-state index is 10.0. The highest BCUT2D eigenvalue weighted by molar-refractivity contribution is 5.73. The SMILES string of the molecule is Cn1c(C(C)(C)C)cc2ncc([C@@H]3CCC[C@@H](C4CCC4)[C@H](CO)N3)nc21. The molecule has 2 aromatic rings. The molecule has 4 rings (SSSR count). The Labute approximate surface area is 162 Å². The summed E-state index contributed by atoms with van der Waals surface area (Å²) < 4.78 is 2.18. The monoisotopic (exact) mass is 370 g/mol. The van der Waals surface area contributed by atoms with E-state index in [-0.39, 0.29) is 24.1 Å². The van der Waals surface area contributed by atoms with E-state index in [0.717, 1.165) is 29.2 Å². The number of rotatable bonds is 3. The average Bonchev–Trinajstić information content (AvgIpc) is 2.78. The van der Waals surface area contributed by atoms with Gasteiger partial charge in [-0.25, -0.2) is 4.98 Å². The third-order valence-corrected chi connectivity index (χ3v) is 6.79. The first kappa shape index (κ1) is 18.9. The predicted octanol–water partition coefficient (Wildman–Crippen LogP) is 3.86. The summed E-state index contributed by atoms with van der Waals surface area (Å²) in [6.45, 7) is 6.88. The number of hydrogen-bond donors (Lipinski definition) is 2. The quantitative estimate of drug-likeness (QED) is 0.861. The van der Waals surface area contributed by atoms with Crippen molar-refractivity contribution in [3.8, 4) is 0 Å². The molecule has 2 fully saturated rings. The maximum atomic E-state index is 10.0. The number of nitrogens with one attached hydrogen (secondary N) is 1. The second kappa shape index (κ2) is 7.17. The minimum absolute atomic E-state index is 0.0653. The van der Waals surface area contributed by atoms with Crippen LogP contribution in [-0.4, -0.2) is 32.3 Å². The lowest BCUT2D eigenvalue weighted by molar-refractivity contribution is 0.113. The molecular weight excluding hydrogens is 336 g/mol. The van der Waals surface area contributed by atoms with Crippen LogP contribution in [-0.2, 0) is 12.5 Å². The van der Waals surface area contributed by atoms with Crippen LogP contribution in [0.1, 0.15) is 76.7 Å². The lowest BCUT2D eigenvalue weighted by Gasteiger charge is -2.38. The van der Waals surface area contributed by atoms with E-state index in [0.29, 0.717) is 5.92 Å². The van der Waals surface area contributed by atoms with Gasteiger partial charge in [-0.3, -0.25) is 4.98 Å². The van der Waals surface area contributed by atoms with Crippen LogP contribution in [0.4, 0.5) is 0 Å². The lowest BCUT2D eigenvalue weighted by Crippen LogP contribution is -2.44. The van der Waals surface area contributed by atoms with Crippen molar-refractivity contribution in [3.05, 3.63) is 23.7 Å². The number of hydrogen-bond acceptors (Lipinski definition) is 4. The number of aryl methyl sites for hydroxylation is 1. The summed E-state index contributed by atoms with van der Waals surface area (Å²) in [5.74, 6) is 1.40. The highest BCUT2D eigenvalue weighted by atomic mass is 16.3. The number of aliphatic hydroxyl groups excluding tert-OH is 1. The lowest BCUT2D eigenvalue weighted by atomic mass is 9.71. The molecule has 2 N–H and O–H groups in total. The molecule has 0 aromatic carbocycles. The van der Waals surface area contributed by atoms with E-state index >= 15 is 0 Å². The Hall–Kier alpha value is -1.46. The summed E-state index contributed by atoms with van der Waals surface area (Å²) in [6, 6.07) is 2.52. The van der Waals surface area contributed by atoms with E-state index < -0.39 is 0 Å².